The molecule has 3 atom stereocenters. The van der Waals surface area contributed by atoms with E-state index in [4.69, 9.17) is 21.3 Å². The Morgan fingerprint density at radius 2 is 2.06 bits per heavy atom. The molecule has 3 aromatic rings. The van der Waals surface area contributed by atoms with Crippen molar-refractivity contribution < 1.29 is 9.53 Å². The first-order chi connectivity index (χ1) is 15.4. The number of benzene rings is 2. The van der Waals surface area contributed by atoms with E-state index >= 15 is 0 Å². The minimum Gasteiger partial charge on any atom is -0.376 e. The number of amides is 1. The van der Waals surface area contributed by atoms with Crippen LogP contribution in [0, 0.1) is 0 Å². The van der Waals surface area contributed by atoms with Crippen molar-refractivity contribution in [2.75, 3.05) is 6.61 Å². The first kappa shape index (κ1) is 22.8. The van der Waals surface area contributed by atoms with E-state index in [1.54, 1.807) is 22.8 Å². The average molecular weight is 472 g/mol. The standard InChI is InChI=1S/C24H26ClN3O3S/c1-15(17-7-4-3-5-8-17)26-22(29)16(2)32-24-27-21-13-18(25)10-11-20(21)23(30)28(24)14-19-9-6-12-31-19/h3-5,7-8,10-11,13,15-16,19H,6,9,12,14H2,1-2H3,(H,26,29). The van der Waals surface area contributed by atoms with E-state index in [2.05, 4.69) is 5.32 Å². The zero-order valence-corrected chi connectivity index (χ0v) is 19.7. The summed E-state index contributed by atoms with van der Waals surface area (Å²) < 4.78 is 7.40. The van der Waals surface area contributed by atoms with Crippen LogP contribution in [0.5, 0.6) is 0 Å². The number of halogens is 1. The molecule has 0 radical (unpaired) electrons. The minimum atomic E-state index is -0.444. The van der Waals surface area contributed by atoms with Crippen molar-refractivity contribution in [2.45, 2.75) is 55.8 Å². The third-order valence-corrected chi connectivity index (χ3v) is 6.93. The predicted octanol–water partition coefficient (Wildman–Crippen LogP) is 4.59. The Morgan fingerprint density at radius 3 is 2.78 bits per heavy atom. The third-order valence-electron chi connectivity index (χ3n) is 5.60. The van der Waals surface area contributed by atoms with Crippen molar-refractivity contribution in [1.29, 1.82) is 0 Å². The fourth-order valence-electron chi connectivity index (χ4n) is 3.78. The van der Waals surface area contributed by atoms with E-state index < -0.39 is 5.25 Å². The summed E-state index contributed by atoms with van der Waals surface area (Å²) in [6.45, 7) is 4.90. The van der Waals surface area contributed by atoms with E-state index in [1.165, 1.54) is 11.8 Å². The third kappa shape index (κ3) is 5.17. The van der Waals surface area contributed by atoms with Crippen molar-refractivity contribution in [3.63, 3.8) is 0 Å². The van der Waals surface area contributed by atoms with Gasteiger partial charge in [-0.15, -0.1) is 0 Å². The molecule has 1 saturated heterocycles. The van der Waals surface area contributed by atoms with Crippen LogP contribution in [-0.2, 0) is 16.1 Å². The summed E-state index contributed by atoms with van der Waals surface area (Å²) in [6, 6.07) is 14.8. The maximum Gasteiger partial charge on any atom is 0.262 e. The minimum absolute atomic E-state index is 0.0270. The Bertz CT molecular complexity index is 1160. The summed E-state index contributed by atoms with van der Waals surface area (Å²) in [5.41, 5.74) is 1.42. The maximum atomic E-state index is 13.3. The summed E-state index contributed by atoms with van der Waals surface area (Å²) >= 11 is 7.41. The van der Waals surface area contributed by atoms with E-state index in [1.807, 2.05) is 44.2 Å². The molecule has 1 amide bonds. The van der Waals surface area contributed by atoms with Crippen molar-refractivity contribution >= 4 is 40.2 Å². The number of carbonyl (C=O) groups is 1. The van der Waals surface area contributed by atoms with E-state index in [0.717, 1.165) is 18.4 Å². The van der Waals surface area contributed by atoms with Crippen LogP contribution in [0.15, 0.2) is 58.5 Å². The molecule has 0 saturated carbocycles. The van der Waals surface area contributed by atoms with Gasteiger partial charge in [-0.1, -0.05) is 53.7 Å². The maximum absolute atomic E-state index is 13.3. The van der Waals surface area contributed by atoms with Gasteiger partial charge in [-0.25, -0.2) is 4.98 Å². The lowest BCUT2D eigenvalue weighted by Crippen LogP contribution is -2.34. The van der Waals surface area contributed by atoms with Gasteiger partial charge in [0.25, 0.3) is 5.56 Å². The molecule has 0 spiro atoms. The number of carbonyl (C=O) groups excluding carboxylic acids is 1. The van der Waals surface area contributed by atoms with Crippen LogP contribution in [0.1, 0.15) is 38.3 Å². The number of aromatic nitrogens is 2. The van der Waals surface area contributed by atoms with Gasteiger partial charge in [0.2, 0.25) is 5.91 Å². The fraction of sp³-hybridized carbons (Fsp3) is 0.375. The molecule has 168 valence electrons. The van der Waals surface area contributed by atoms with E-state index in [0.29, 0.717) is 34.2 Å². The molecule has 1 aliphatic rings. The molecule has 4 rings (SSSR count). The van der Waals surface area contributed by atoms with Gasteiger partial charge in [0.05, 0.1) is 34.8 Å². The van der Waals surface area contributed by atoms with Gasteiger partial charge in [0.1, 0.15) is 0 Å². The van der Waals surface area contributed by atoms with Gasteiger partial charge in [-0.2, -0.15) is 0 Å². The summed E-state index contributed by atoms with van der Waals surface area (Å²) in [5.74, 6) is -0.115. The first-order valence-corrected chi connectivity index (χ1v) is 12.0. The van der Waals surface area contributed by atoms with Crippen LogP contribution < -0.4 is 10.9 Å². The Morgan fingerprint density at radius 1 is 1.28 bits per heavy atom. The first-order valence-electron chi connectivity index (χ1n) is 10.8. The highest BCUT2D eigenvalue weighted by Gasteiger charge is 2.24. The normalized spacial score (nSPS) is 17.9. The van der Waals surface area contributed by atoms with Gasteiger partial charge in [0, 0.05) is 11.6 Å². The predicted molar refractivity (Wildman–Crippen MR) is 128 cm³/mol. The quantitative estimate of drug-likeness (QED) is 0.403. The number of nitrogens with zero attached hydrogens (tertiary/aromatic N) is 2. The summed E-state index contributed by atoms with van der Waals surface area (Å²) in [5, 5.41) is 4.12. The number of rotatable bonds is 7. The van der Waals surface area contributed by atoms with Crippen LogP contribution in [0.3, 0.4) is 0 Å². The van der Waals surface area contributed by atoms with Gasteiger partial charge >= 0.3 is 0 Å². The van der Waals surface area contributed by atoms with Gasteiger partial charge in [-0.05, 0) is 50.5 Å². The molecule has 1 fully saturated rings. The average Bonchev–Trinajstić information content (AvgIpc) is 3.30. The van der Waals surface area contributed by atoms with Crippen LogP contribution in [-0.4, -0.2) is 33.4 Å². The highest BCUT2D eigenvalue weighted by molar-refractivity contribution is 8.00. The number of nitrogens with one attached hydrogen (secondary N) is 1. The Labute approximate surface area is 196 Å². The zero-order chi connectivity index (χ0) is 22.7. The molecule has 3 unspecified atom stereocenters. The molecule has 1 aliphatic heterocycles. The zero-order valence-electron chi connectivity index (χ0n) is 18.1. The van der Waals surface area contributed by atoms with E-state index in [-0.39, 0.29) is 23.6 Å². The molecular formula is C24H26ClN3O3S. The van der Waals surface area contributed by atoms with Crippen LogP contribution in [0.2, 0.25) is 5.02 Å². The van der Waals surface area contributed by atoms with E-state index in [9.17, 15) is 9.59 Å². The molecule has 8 heteroatoms. The fourth-order valence-corrected chi connectivity index (χ4v) is 4.88. The highest BCUT2D eigenvalue weighted by atomic mass is 35.5. The summed E-state index contributed by atoms with van der Waals surface area (Å²) in [6.07, 6.45) is 1.86. The Balaban J connectivity index is 1.59. The lowest BCUT2D eigenvalue weighted by atomic mass is 10.1. The molecule has 2 heterocycles. The molecule has 1 aromatic heterocycles. The van der Waals surface area contributed by atoms with Crippen molar-refractivity contribution in [1.82, 2.24) is 14.9 Å². The molecule has 0 bridgehead atoms. The van der Waals surface area contributed by atoms with Gasteiger partial charge in [-0.3, -0.25) is 14.2 Å². The van der Waals surface area contributed by atoms with Gasteiger partial charge in [0.15, 0.2) is 5.16 Å². The SMILES string of the molecule is CC(Sc1nc2cc(Cl)ccc2c(=O)n1CC1CCCO1)C(=O)NC(C)c1ccccc1. The van der Waals surface area contributed by atoms with Crippen LogP contribution >= 0.6 is 23.4 Å². The molecule has 0 aliphatic carbocycles. The van der Waals surface area contributed by atoms with Gasteiger partial charge < -0.3 is 10.1 Å². The molecule has 6 nitrogen and oxygen atoms in total. The number of thioether (sulfide) groups is 1. The number of hydrogen-bond donors (Lipinski definition) is 1. The smallest absolute Gasteiger partial charge is 0.262 e. The lowest BCUT2D eigenvalue weighted by molar-refractivity contribution is -0.120. The number of hydrogen-bond acceptors (Lipinski definition) is 5. The number of ether oxygens (including phenoxy) is 1. The second-order valence-corrected chi connectivity index (χ2v) is 9.75. The van der Waals surface area contributed by atoms with Crippen LogP contribution in [0.25, 0.3) is 10.9 Å². The molecule has 32 heavy (non-hydrogen) atoms. The van der Waals surface area contributed by atoms with Crippen molar-refractivity contribution in [2.24, 2.45) is 0 Å². The monoisotopic (exact) mass is 471 g/mol. The lowest BCUT2D eigenvalue weighted by Gasteiger charge is -2.20. The molecule has 1 N–H and O–H groups in total. The topological polar surface area (TPSA) is 73.2 Å². The summed E-state index contributed by atoms with van der Waals surface area (Å²) in [4.78, 5) is 30.9. The largest absolute Gasteiger partial charge is 0.376 e. The molecular weight excluding hydrogens is 446 g/mol. The van der Waals surface area contributed by atoms with Crippen LogP contribution in [0.4, 0.5) is 0 Å². The summed E-state index contributed by atoms with van der Waals surface area (Å²) in [7, 11) is 0. The second kappa shape index (κ2) is 10.1. The molecule has 2 aromatic carbocycles. The highest BCUT2D eigenvalue weighted by Crippen LogP contribution is 2.26. The van der Waals surface area contributed by atoms with Crippen molar-refractivity contribution in [3.8, 4) is 0 Å². The second-order valence-electron chi connectivity index (χ2n) is 8.01. The number of fused-ring (bicyclic) bond motifs is 1. The van der Waals surface area contributed by atoms with Crippen molar-refractivity contribution in [3.05, 3.63) is 69.5 Å². The Hall–Kier alpha value is -2.35. The Kier molecular flexibility index (Phi) is 7.18.